The first kappa shape index (κ1) is 35.3. The molecule has 0 spiro atoms. The maximum atomic E-state index is 12.1. The van der Waals surface area contributed by atoms with Gasteiger partial charge in [0, 0.05) is 5.56 Å². The number of hydrogen-bond donors (Lipinski definition) is 6. The maximum absolute atomic E-state index is 12.1. The van der Waals surface area contributed by atoms with E-state index in [9.17, 15) is 69.9 Å². The van der Waals surface area contributed by atoms with Crippen molar-refractivity contribution in [2.45, 2.75) is 11.8 Å². The van der Waals surface area contributed by atoms with Gasteiger partial charge < -0.3 is 40.1 Å². The van der Waals surface area contributed by atoms with Crippen LogP contribution in [0.25, 0.3) is 6.08 Å². The van der Waals surface area contributed by atoms with Crippen molar-refractivity contribution in [3.8, 4) is 23.6 Å². The SMILES string of the molecule is N#CC(C#N)=Cc1cc(OCC(C(=O)O)c2ccc(C(=O)O)c(C(=O)O)c2)ccc1OCC(C(=O)O)c1ccc(C(=O)O)c(C(=O)O)c1. The van der Waals surface area contributed by atoms with Crippen molar-refractivity contribution in [2.75, 3.05) is 13.2 Å². The molecular formula is C32H22N2O14. The van der Waals surface area contributed by atoms with Crippen molar-refractivity contribution in [1.82, 2.24) is 0 Å². The number of carboxylic acid groups (broad SMARTS) is 6. The number of benzene rings is 3. The molecule has 48 heavy (non-hydrogen) atoms. The van der Waals surface area contributed by atoms with Crippen LogP contribution < -0.4 is 9.47 Å². The van der Waals surface area contributed by atoms with Crippen LogP contribution >= 0.6 is 0 Å². The Morgan fingerprint density at radius 1 is 0.604 bits per heavy atom. The lowest BCUT2D eigenvalue weighted by Crippen LogP contribution is -2.21. The average molecular weight is 659 g/mol. The molecule has 244 valence electrons. The van der Waals surface area contributed by atoms with E-state index in [2.05, 4.69) is 0 Å². The number of aliphatic carboxylic acids is 2. The Hall–Kier alpha value is -7.20. The third-order valence-corrected chi connectivity index (χ3v) is 6.75. The number of ether oxygens (including phenoxy) is 2. The lowest BCUT2D eigenvalue weighted by Gasteiger charge is -2.18. The van der Waals surface area contributed by atoms with Crippen LogP contribution in [0.5, 0.6) is 11.5 Å². The van der Waals surface area contributed by atoms with E-state index < -0.39 is 88.7 Å². The van der Waals surface area contributed by atoms with Crippen LogP contribution in [-0.4, -0.2) is 79.7 Å². The first-order valence-corrected chi connectivity index (χ1v) is 13.3. The number of nitrogens with zero attached hydrogens (tertiary/aromatic N) is 2. The van der Waals surface area contributed by atoms with Gasteiger partial charge in [-0.2, -0.15) is 10.5 Å². The highest BCUT2D eigenvalue weighted by molar-refractivity contribution is 6.02. The Kier molecular flexibility index (Phi) is 11.2. The standard InChI is InChI=1S/C32H22N2O14/c33-11-15(12-34)7-18-8-19(47-13-24(31(43)44)16-1-4-20(27(35)36)22(9-16)29(39)40)3-6-26(18)48-14-25(32(45)46)17-2-5-21(28(37)38)23(10-17)30(41)42/h1-10,24-25H,13-14H2,(H,35,36)(H,37,38)(H,39,40)(H,41,42)(H,43,44)(H,45,46). The smallest absolute Gasteiger partial charge is 0.336 e. The molecule has 0 aliphatic rings. The molecule has 0 saturated heterocycles. The molecule has 3 aromatic carbocycles. The van der Waals surface area contributed by atoms with Gasteiger partial charge in [-0.05, 0) is 59.7 Å². The van der Waals surface area contributed by atoms with E-state index in [4.69, 9.17) is 9.47 Å². The summed E-state index contributed by atoms with van der Waals surface area (Å²) in [5.41, 5.74) is -3.00. The molecule has 0 fully saturated rings. The van der Waals surface area contributed by atoms with Gasteiger partial charge in [-0.1, -0.05) is 12.1 Å². The topological polar surface area (TPSA) is 290 Å². The molecule has 0 aliphatic carbocycles. The van der Waals surface area contributed by atoms with Crippen LogP contribution in [0.4, 0.5) is 0 Å². The van der Waals surface area contributed by atoms with E-state index in [0.29, 0.717) is 0 Å². The molecule has 0 saturated carbocycles. The molecule has 0 amide bonds. The fourth-order valence-electron chi connectivity index (χ4n) is 4.36. The molecule has 6 N–H and O–H groups in total. The Morgan fingerprint density at radius 3 is 1.44 bits per heavy atom. The molecule has 3 aromatic rings. The molecular weight excluding hydrogens is 636 g/mol. The normalized spacial score (nSPS) is 11.5. The predicted molar refractivity (Wildman–Crippen MR) is 158 cm³/mol. The second kappa shape index (κ2) is 15.2. The predicted octanol–water partition coefficient (Wildman–Crippen LogP) is 3.40. The van der Waals surface area contributed by atoms with Gasteiger partial charge in [-0.3, -0.25) is 9.59 Å². The minimum atomic E-state index is -1.60. The molecule has 2 unspecified atom stereocenters. The second-order valence-electron chi connectivity index (χ2n) is 9.72. The van der Waals surface area contributed by atoms with Crippen molar-refractivity contribution in [3.63, 3.8) is 0 Å². The van der Waals surface area contributed by atoms with Gasteiger partial charge in [0.05, 0.1) is 22.3 Å². The molecule has 0 bridgehead atoms. The molecule has 16 heteroatoms. The van der Waals surface area contributed by atoms with Gasteiger partial charge in [-0.25, -0.2) is 19.2 Å². The third kappa shape index (κ3) is 8.29. The van der Waals surface area contributed by atoms with Crippen molar-refractivity contribution >= 4 is 41.9 Å². The van der Waals surface area contributed by atoms with E-state index in [1.165, 1.54) is 18.2 Å². The van der Waals surface area contributed by atoms with Crippen molar-refractivity contribution < 1.29 is 68.9 Å². The average Bonchev–Trinajstić information content (AvgIpc) is 3.03. The fraction of sp³-hybridized carbons (Fsp3) is 0.125. The van der Waals surface area contributed by atoms with Gasteiger partial charge in [0.15, 0.2) is 0 Å². The number of nitriles is 2. The summed E-state index contributed by atoms with van der Waals surface area (Å²) in [6, 6.07) is 13.0. The van der Waals surface area contributed by atoms with Crippen molar-refractivity contribution in [1.29, 1.82) is 10.5 Å². The molecule has 3 rings (SSSR count). The van der Waals surface area contributed by atoms with Crippen LogP contribution in [0.3, 0.4) is 0 Å². The highest BCUT2D eigenvalue weighted by Gasteiger charge is 2.27. The Bertz CT molecular complexity index is 1930. The first-order valence-electron chi connectivity index (χ1n) is 13.3. The van der Waals surface area contributed by atoms with E-state index in [1.54, 1.807) is 12.1 Å². The Morgan fingerprint density at radius 2 is 1.04 bits per heavy atom. The minimum absolute atomic E-state index is 0.00744. The lowest BCUT2D eigenvalue weighted by molar-refractivity contribution is -0.140. The van der Waals surface area contributed by atoms with Gasteiger partial charge >= 0.3 is 35.8 Å². The lowest BCUT2D eigenvalue weighted by atomic mass is 9.95. The van der Waals surface area contributed by atoms with Gasteiger partial charge in [0.1, 0.15) is 54.3 Å². The van der Waals surface area contributed by atoms with E-state index in [-0.39, 0.29) is 28.2 Å². The number of hydrogen-bond acceptors (Lipinski definition) is 10. The number of aromatic carboxylic acids is 4. The zero-order valence-electron chi connectivity index (χ0n) is 24.2. The summed E-state index contributed by atoms with van der Waals surface area (Å²) in [5.74, 6) is -12.3. The largest absolute Gasteiger partial charge is 0.492 e. The number of carbonyl (C=O) groups is 6. The zero-order valence-corrected chi connectivity index (χ0v) is 24.2. The van der Waals surface area contributed by atoms with Gasteiger partial charge in [-0.15, -0.1) is 0 Å². The molecule has 0 heterocycles. The summed E-state index contributed by atoms with van der Waals surface area (Å²) < 4.78 is 11.3. The van der Waals surface area contributed by atoms with E-state index in [1.807, 2.05) is 0 Å². The summed E-state index contributed by atoms with van der Waals surface area (Å²) in [5, 5.41) is 75.4. The van der Waals surface area contributed by atoms with Crippen LogP contribution in [-0.2, 0) is 9.59 Å². The fourth-order valence-corrected chi connectivity index (χ4v) is 4.36. The second-order valence-corrected chi connectivity index (χ2v) is 9.72. The van der Waals surface area contributed by atoms with Crippen molar-refractivity contribution in [3.05, 3.63) is 99.1 Å². The highest BCUT2D eigenvalue weighted by Crippen LogP contribution is 2.30. The Balaban J connectivity index is 1.94. The number of allylic oxidation sites excluding steroid dienone is 1. The van der Waals surface area contributed by atoms with E-state index >= 15 is 0 Å². The minimum Gasteiger partial charge on any atom is -0.492 e. The van der Waals surface area contributed by atoms with Crippen LogP contribution in [0, 0.1) is 22.7 Å². The monoisotopic (exact) mass is 658 g/mol. The number of carboxylic acids is 6. The van der Waals surface area contributed by atoms with E-state index in [0.717, 1.165) is 42.5 Å². The zero-order chi connectivity index (χ0) is 35.7. The Labute approximate surface area is 269 Å². The molecule has 0 radical (unpaired) electrons. The highest BCUT2D eigenvalue weighted by atomic mass is 16.5. The van der Waals surface area contributed by atoms with Crippen LogP contribution in [0.1, 0.15) is 70.0 Å². The molecule has 2 atom stereocenters. The molecule has 0 aromatic heterocycles. The van der Waals surface area contributed by atoms with Gasteiger partial charge in [0.25, 0.3) is 0 Å². The summed E-state index contributed by atoms with van der Waals surface area (Å²) >= 11 is 0. The molecule has 0 aliphatic heterocycles. The first-order chi connectivity index (χ1) is 22.7. The summed E-state index contributed by atoms with van der Waals surface area (Å²) in [6.07, 6.45) is 1.07. The third-order valence-electron chi connectivity index (χ3n) is 6.75. The quantitative estimate of drug-likeness (QED) is 0.127. The number of rotatable bonds is 15. The van der Waals surface area contributed by atoms with Crippen LogP contribution in [0.2, 0.25) is 0 Å². The van der Waals surface area contributed by atoms with Crippen LogP contribution in [0.15, 0.2) is 60.2 Å². The van der Waals surface area contributed by atoms with Gasteiger partial charge in [0.2, 0.25) is 0 Å². The maximum Gasteiger partial charge on any atom is 0.336 e. The molecule has 16 nitrogen and oxygen atoms in total. The summed E-state index contributed by atoms with van der Waals surface area (Å²) in [4.78, 5) is 70.0. The summed E-state index contributed by atoms with van der Waals surface area (Å²) in [6.45, 7) is -1.22. The van der Waals surface area contributed by atoms with Crippen molar-refractivity contribution in [2.24, 2.45) is 0 Å². The summed E-state index contributed by atoms with van der Waals surface area (Å²) in [7, 11) is 0.